The molecule has 0 aliphatic heterocycles. The molecule has 0 amide bonds. The SMILES string of the molecule is Cc1ccc(SCC(CCC(=O)O)C(=O)O)cc1C. The fraction of sp³-hybridized carbons (Fsp3) is 0.429. The summed E-state index contributed by atoms with van der Waals surface area (Å²) in [6, 6.07) is 5.99. The summed E-state index contributed by atoms with van der Waals surface area (Å²) in [7, 11) is 0. The number of aliphatic carboxylic acids is 2. The van der Waals surface area contributed by atoms with Gasteiger partial charge in [-0.3, -0.25) is 9.59 Å². The van der Waals surface area contributed by atoms with Gasteiger partial charge in [0.1, 0.15) is 0 Å². The zero-order valence-electron chi connectivity index (χ0n) is 11.0. The Kier molecular flexibility index (Phi) is 5.89. The van der Waals surface area contributed by atoms with Crippen molar-refractivity contribution in [3.05, 3.63) is 29.3 Å². The van der Waals surface area contributed by atoms with Crippen LogP contribution >= 0.6 is 11.8 Å². The molecule has 104 valence electrons. The second-order valence-corrected chi connectivity index (χ2v) is 5.62. The first-order valence-corrected chi connectivity index (χ1v) is 7.03. The van der Waals surface area contributed by atoms with Crippen LogP contribution in [0.5, 0.6) is 0 Å². The molecular weight excluding hydrogens is 264 g/mol. The van der Waals surface area contributed by atoms with Crippen molar-refractivity contribution in [3.8, 4) is 0 Å². The minimum atomic E-state index is -0.956. The van der Waals surface area contributed by atoms with Crippen molar-refractivity contribution in [1.82, 2.24) is 0 Å². The molecule has 0 aliphatic rings. The largest absolute Gasteiger partial charge is 0.481 e. The van der Waals surface area contributed by atoms with Crippen molar-refractivity contribution in [1.29, 1.82) is 0 Å². The molecular formula is C14H18O4S. The monoisotopic (exact) mass is 282 g/mol. The molecule has 0 heterocycles. The number of carboxylic acid groups (broad SMARTS) is 2. The fourth-order valence-corrected chi connectivity index (χ4v) is 2.70. The second kappa shape index (κ2) is 7.19. The lowest BCUT2D eigenvalue weighted by Crippen LogP contribution is -2.17. The molecule has 0 spiro atoms. The van der Waals surface area contributed by atoms with Gasteiger partial charge in [0.2, 0.25) is 0 Å². The van der Waals surface area contributed by atoms with E-state index < -0.39 is 17.9 Å². The van der Waals surface area contributed by atoms with E-state index in [0.29, 0.717) is 5.75 Å². The van der Waals surface area contributed by atoms with Gasteiger partial charge in [-0.2, -0.15) is 0 Å². The molecule has 0 fully saturated rings. The number of rotatable bonds is 7. The van der Waals surface area contributed by atoms with Gasteiger partial charge in [0, 0.05) is 17.1 Å². The Bertz CT molecular complexity index is 471. The summed E-state index contributed by atoms with van der Waals surface area (Å²) in [5.41, 5.74) is 2.37. The Hall–Kier alpha value is -1.49. The number of carboxylic acids is 2. The van der Waals surface area contributed by atoms with Crippen LogP contribution in [0.2, 0.25) is 0 Å². The number of aryl methyl sites for hydroxylation is 2. The van der Waals surface area contributed by atoms with Crippen LogP contribution in [0.4, 0.5) is 0 Å². The summed E-state index contributed by atoms with van der Waals surface area (Å²) in [5.74, 6) is -2.12. The predicted molar refractivity (Wildman–Crippen MR) is 74.6 cm³/mol. The molecule has 5 heteroatoms. The highest BCUT2D eigenvalue weighted by Gasteiger charge is 2.19. The van der Waals surface area contributed by atoms with Crippen molar-refractivity contribution >= 4 is 23.7 Å². The lowest BCUT2D eigenvalue weighted by molar-refractivity contribution is -0.142. The first-order valence-electron chi connectivity index (χ1n) is 6.05. The average molecular weight is 282 g/mol. The third-order valence-corrected chi connectivity index (χ3v) is 4.14. The second-order valence-electron chi connectivity index (χ2n) is 4.52. The van der Waals surface area contributed by atoms with Crippen LogP contribution in [0.3, 0.4) is 0 Å². The zero-order valence-corrected chi connectivity index (χ0v) is 11.9. The van der Waals surface area contributed by atoms with Crippen LogP contribution in [0.1, 0.15) is 24.0 Å². The maximum Gasteiger partial charge on any atom is 0.307 e. The van der Waals surface area contributed by atoms with Crippen LogP contribution in [0.25, 0.3) is 0 Å². The lowest BCUT2D eigenvalue weighted by Gasteiger charge is -2.11. The summed E-state index contributed by atoms with van der Waals surface area (Å²) >= 11 is 1.46. The highest BCUT2D eigenvalue weighted by Crippen LogP contribution is 2.25. The first-order chi connectivity index (χ1) is 8.90. The maximum atomic E-state index is 11.0. The van der Waals surface area contributed by atoms with E-state index >= 15 is 0 Å². The third kappa shape index (κ3) is 5.34. The molecule has 4 nitrogen and oxygen atoms in total. The van der Waals surface area contributed by atoms with Gasteiger partial charge in [-0.25, -0.2) is 0 Å². The molecule has 0 saturated carbocycles. The van der Waals surface area contributed by atoms with Crippen LogP contribution in [-0.4, -0.2) is 27.9 Å². The zero-order chi connectivity index (χ0) is 14.4. The molecule has 0 radical (unpaired) electrons. The van der Waals surface area contributed by atoms with Crippen molar-refractivity contribution in [2.24, 2.45) is 5.92 Å². The Morgan fingerprint density at radius 3 is 2.42 bits per heavy atom. The van der Waals surface area contributed by atoms with Crippen molar-refractivity contribution in [2.75, 3.05) is 5.75 Å². The summed E-state index contributed by atoms with van der Waals surface area (Å²) in [5, 5.41) is 17.7. The summed E-state index contributed by atoms with van der Waals surface area (Å²) < 4.78 is 0. The molecule has 1 unspecified atom stereocenters. The van der Waals surface area contributed by atoms with E-state index in [2.05, 4.69) is 0 Å². The fourth-order valence-electron chi connectivity index (χ4n) is 1.58. The topological polar surface area (TPSA) is 74.6 Å². The van der Waals surface area contributed by atoms with E-state index in [9.17, 15) is 9.59 Å². The van der Waals surface area contributed by atoms with Crippen molar-refractivity contribution in [3.63, 3.8) is 0 Å². The maximum absolute atomic E-state index is 11.0. The highest BCUT2D eigenvalue weighted by molar-refractivity contribution is 7.99. The van der Waals surface area contributed by atoms with E-state index in [0.717, 1.165) is 4.90 Å². The lowest BCUT2D eigenvalue weighted by atomic mass is 10.1. The molecule has 0 aromatic heterocycles. The van der Waals surface area contributed by atoms with Crippen LogP contribution in [0.15, 0.2) is 23.1 Å². The smallest absolute Gasteiger partial charge is 0.307 e. The Morgan fingerprint density at radius 2 is 1.89 bits per heavy atom. The molecule has 19 heavy (non-hydrogen) atoms. The van der Waals surface area contributed by atoms with Gasteiger partial charge in [0.25, 0.3) is 0 Å². The number of hydrogen-bond donors (Lipinski definition) is 2. The Morgan fingerprint density at radius 1 is 1.21 bits per heavy atom. The van der Waals surface area contributed by atoms with Gasteiger partial charge in [0.15, 0.2) is 0 Å². The van der Waals surface area contributed by atoms with Gasteiger partial charge < -0.3 is 10.2 Å². The quantitative estimate of drug-likeness (QED) is 0.752. The number of thioether (sulfide) groups is 1. The van der Waals surface area contributed by atoms with Crippen molar-refractivity contribution < 1.29 is 19.8 Å². The average Bonchev–Trinajstić information content (AvgIpc) is 2.32. The van der Waals surface area contributed by atoms with Gasteiger partial charge >= 0.3 is 11.9 Å². The number of carbonyl (C=O) groups is 2. The Balaban J connectivity index is 2.57. The van der Waals surface area contributed by atoms with Crippen molar-refractivity contribution in [2.45, 2.75) is 31.6 Å². The normalized spacial score (nSPS) is 12.1. The van der Waals surface area contributed by atoms with Gasteiger partial charge in [-0.05, 0) is 43.5 Å². The van der Waals surface area contributed by atoms with E-state index in [1.54, 1.807) is 0 Å². The molecule has 0 bridgehead atoms. The minimum Gasteiger partial charge on any atom is -0.481 e. The summed E-state index contributed by atoms with van der Waals surface area (Å²) in [6.07, 6.45) is 0.0625. The summed E-state index contributed by atoms with van der Waals surface area (Å²) in [4.78, 5) is 22.5. The van der Waals surface area contributed by atoms with Gasteiger partial charge in [-0.15, -0.1) is 11.8 Å². The molecule has 1 aromatic carbocycles. The van der Waals surface area contributed by atoms with E-state index in [-0.39, 0.29) is 12.8 Å². The van der Waals surface area contributed by atoms with E-state index in [4.69, 9.17) is 10.2 Å². The van der Waals surface area contributed by atoms with Crippen LogP contribution < -0.4 is 0 Å². The molecule has 1 atom stereocenters. The molecule has 2 N–H and O–H groups in total. The molecule has 1 aromatic rings. The molecule has 0 aliphatic carbocycles. The third-order valence-electron chi connectivity index (χ3n) is 2.99. The minimum absolute atomic E-state index is 0.107. The van der Waals surface area contributed by atoms with Gasteiger partial charge in [0.05, 0.1) is 5.92 Å². The highest BCUT2D eigenvalue weighted by atomic mass is 32.2. The van der Waals surface area contributed by atoms with Crippen LogP contribution in [0, 0.1) is 19.8 Å². The molecule has 0 saturated heterocycles. The number of benzene rings is 1. The number of hydrogen-bond acceptors (Lipinski definition) is 3. The van der Waals surface area contributed by atoms with E-state index in [1.807, 2.05) is 32.0 Å². The van der Waals surface area contributed by atoms with Crippen LogP contribution in [-0.2, 0) is 9.59 Å². The summed E-state index contributed by atoms with van der Waals surface area (Å²) in [6.45, 7) is 4.04. The predicted octanol–water partition coefficient (Wildman–Crippen LogP) is 2.96. The van der Waals surface area contributed by atoms with Gasteiger partial charge in [-0.1, -0.05) is 6.07 Å². The Labute approximate surface area is 116 Å². The standard InChI is InChI=1S/C14H18O4S/c1-9-3-5-12(7-10(9)2)19-8-11(14(17)18)4-6-13(15)16/h3,5,7,11H,4,6,8H2,1-2H3,(H,15,16)(H,17,18). The first kappa shape index (κ1) is 15.6. The molecule has 1 rings (SSSR count). The van der Waals surface area contributed by atoms with E-state index in [1.165, 1.54) is 22.9 Å².